The molecule has 0 aromatic heterocycles. The average molecular weight is 311 g/mol. The van der Waals surface area contributed by atoms with Crippen molar-refractivity contribution >= 4 is 12.1 Å². The van der Waals surface area contributed by atoms with Gasteiger partial charge >= 0.3 is 0 Å². The quantitative estimate of drug-likeness (QED) is 0.213. The Morgan fingerprint density at radius 3 is 1.86 bits per heavy atom. The largest absolute Gasteiger partial charge is 0.273 e. The van der Waals surface area contributed by atoms with Crippen molar-refractivity contribution in [3.8, 4) is 0 Å². The van der Waals surface area contributed by atoms with Crippen molar-refractivity contribution in [2.75, 3.05) is 0 Å². The highest BCUT2D eigenvalue weighted by Gasteiger charge is 1.98. The van der Waals surface area contributed by atoms with E-state index in [1.807, 2.05) is 6.21 Å². The molecule has 0 aromatic carbocycles. The van der Waals surface area contributed by atoms with Gasteiger partial charge in [0.15, 0.2) is 0 Å². The van der Waals surface area contributed by atoms with Gasteiger partial charge in [-0.2, -0.15) is 5.10 Å². The van der Waals surface area contributed by atoms with E-state index in [0.717, 1.165) is 12.8 Å². The monoisotopic (exact) mass is 310 g/mol. The summed E-state index contributed by atoms with van der Waals surface area (Å²) in [6.45, 7) is 4.47. The summed E-state index contributed by atoms with van der Waals surface area (Å²) >= 11 is 0. The fraction of sp³-hybridized carbons (Fsp3) is 0.895. The summed E-state index contributed by atoms with van der Waals surface area (Å²) in [5, 5.41) is 4.02. The Kier molecular flexibility index (Phi) is 17.5. The van der Waals surface area contributed by atoms with Crippen molar-refractivity contribution in [2.45, 2.75) is 110 Å². The van der Waals surface area contributed by atoms with Crippen LogP contribution in [-0.4, -0.2) is 12.1 Å². The first-order chi connectivity index (χ1) is 10.8. The van der Waals surface area contributed by atoms with Crippen molar-refractivity contribution in [3.63, 3.8) is 0 Å². The topological polar surface area (TPSA) is 41.5 Å². The molecule has 0 spiro atoms. The second-order valence-corrected chi connectivity index (χ2v) is 6.27. The summed E-state index contributed by atoms with van der Waals surface area (Å²) in [7, 11) is 0. The minimum absolute atomic E-state index is 0.0627. The van der Waals surface area contributed by atoms with Crippen LogP contribution in [0.1, 0.15) is 110 Å². The average Bonchev–Trinajstić information content (AvgIpc) is 2.52. The molecule has 1 amide bonds. The number of rotatable bonds is 16. The van der Waals surface area contributed by atoms with Gasteiger partial charge in [-0.15, -0.1) is 0 Å². The predicted octanol–water partition coefficient (Wildman–Crippen LogP) is 5.98. The summed E-state index contributed by atoms with van der Waals surface area (Å²) < 4.78 is 0. The van der Waals surface area contributed by atoms with Crippen molar-refractivity contribution in [2.24, 2.45) is 5.10 Å². The maximum atomic E-state index is 11.6. The van der Waals surface area contributed by atoms with Crippen LogP contribution in [0.15, 0.2) is 5.10 Å². The molecular weight excluding hydrogens is 272 g/mol. The fourth-order valence-corrected chi connectivity index (χ4v) is 2.50. The van der Waals surface area contributed by atoms with E-state index in [2.05, 4.69) is 24.4 Å². The maximum Gasteiger partial charge on any atom is 0.240 e. The van der Waals surface area contributed by atoms with E-state index in [9.17, 15) is 4.79 Å². The lowest BCUT2D eigenvalue weighted by Gasteiger charge is -2.01. The van der Waals surface area contributed by atoms with Gasteiger partial charge in [0.1, 0.15) is 0 Å². The molecule has 22 heavy (non-hydrogen) atoms. The zero-order valence-electron chi connectivity index (χ0n) is 15.0. The lowest BCUT2D eigenvalue weighted by molar-refractivity contribution is -0.121. The summed E-state index contributed by atoms with van der Waals surface area (Å²) in [6, 6.07) is 0. The summed E-state index contributed by atoms with van der Waals surface area (Å²) in [6.07, 6.45) is 19.9. The highest BCUT2D eigenvalue weighted by atomic mass is 16.2. The van der Waals surface area contributed by atoms with Gasteiger partial charge in [-0.25, -0.2) is 5.43 Å². The Hall–Kier alpha value is -0.860. The van der Waals surface area contributed by atoms with E-state index in [-0.39, 0.29) is 5.91 Å². The van der Waals surface area contributed by atoms with Gasteiger partial charge in [0.25, 0.3) is 0 Å². The molecule has 0 heterocycles. The SMILES string of the molecule is CCCCCCCC/C=N/NC(=O)CCCCCCCCC. The van der Waals surface area contributed by atoms with Gasteiger partial charge < -0.3 is 0 Å². The zero-order valence-corrected chi connectivity index (χ0v) is 15.0. The molecule has 0 atom stereocenters. The zero-order chi connectivity index (χ0) is 16.3. The summed E-state index contributed by atoms with van der Waals surface area (Å²) in [5.41, 5.74) is 2.64. The van der Waals surface area contributed by atoms with Crippen LogP contribution in [0.4, 0.5) is 0 Å². The first-order valence-corrected chi connectivity index (χ1v) is 9.61. The standard InChI is InChI=1S/C19H38N2O/c1-3-5-7-9-11-13-15-17-19(22)21-20-18-16-14-12-10-8-6-4-2/h18H,3-17H2,1-2H3,(H,21,22)/b20-18+. The predicted molar refractivity (Wildman–Crippen MR) is 97.2 cm³/mol. The third-order valence-corrected chi connectivity index (χ3v) is 3.97. The summed E-state index contributed by atoms with van der Waals surface area (Å²) in [5.74, 6) is 0.0627. The molecule has 0 fully saturated rings. The van der Waals surface area contributed by atoms with Crippen LogP contribution < -0.4 is 5.43 Å². The Labute approximate surface area is 138 Å². The third-order valence-electron chi connectivity index (χ3n) is 3.97. The molecule has 0 rings (SSSR count). The van der Waals surface area contributed by atoms with E-state index in [1.54, 1.807) is 0 Å². The van der Waals surface area contributed by atoms with E-state index in [0.29, 0.717) is 6.42 Å². The van der Waals surface area contributed by atoms with Gasteiger partial charge in [-0.05, 0) is 19.3 Å². The second-order valence-electron chi connectivity index (χ2n) is 6.27. The first-order valence-electron chi connectivity index (χ1n) is 9.61. The molecule has 0 aliphatic carbocycles. The first kappa shape index (κ1) is 21.1. The molecule has 130 valence electrons. The lowest BCUT2D eigenvalue weighted by atomic mass is 10.1. The normalized spacial score (nSPS) is 11.2. The lowest BCUT2D eigenvalue weighted by Crippen LogP contribution is -2.16. The Morgan fingerprint density at radius 2 is 1.27 bits per heavy atom. The van der Waals surface area contributed by atoms with Crippen LogP contribution in [0, 0.1) is 0 Å². The van der Waals surface area contributed by atoms with E-state index >= 15 is 0 Å². The van der Waals surface area contributed by atoms with Gasteiger partial charge in [0.2, 0.25) is 5.91 Å². The fourth-order valence-electron chi connectivity index (χ4n) is 2.50. The smallest absolute Gasteiger partial charge is 0.240 e. The van der Waals surface area contributed by atoms with Crippen molar-refractivity contribution in [1.29, 1.82) is 0 Å². The number of unbranched alkanes of at least 4 members (excludes halogenated alkanes) is 12. The Morgan fingerprint density at radius 1 is 0.773 bits per heavy atom. The Balaban J connectivity index is 3.25. The summed E-state index contributed by atoms with van der Waals surface area (Å²) in [4.78, 5) is 11.6. The molecule has 0 radical (unpaired) electrons. The van der Waals surface area contributed by atoms with Crippen molar-refractivity contribution < 1.29 is 4.79 Å². The number of hydrazone groups is 1. The van der Waals surface area contributed by atoms with Crippen LogP contribution in [0.3, 0.4) is 0 Å². The number of nitrogens with one attached hydrogen (secondary N) is 1. The molecule has 0 saturated carbocycles. The maximum absolute atomic E-state index is 11.6. The molecule has 1 N–H and O–H groups in total. The number of hydrogen-bond donors (Lipinski definition) is 1. The Bertz CT molecular complexity index is 264. The number of nitrogens with zero attached hydrogens (tertiary/aromatic N) is 1. The molecule has 0 unspecified atom stereocenters. The molecular formula is C19H38N2O. The van der Waals surface area contributed by atoms with Crippen molar-refractivity contribution in [1.82, 2.24) is 5.43 Å². The molecule has 3 nitrogen and oxygen atoms in total. The van der Waals surface area contributed by atoms with Crippen LogP contribution in [0.5, 0.6) is 0 Å². The molecule has 0 aliphatic heterocycles. The molecule has 0 saturated heterocycles. The number of carbonyl (C=O) groups excluding carboxylic acids is 1. The minimum Gasteiger partial charge on any atom is -0.273 e. The third kappa shape index (κ3) is 17.2. The van der Waals surface area contributed by atoms with E-state index in [1.165, 1.54) is 77.0 Å². The molecule has 0 aromatic rings. The minimum atomic E-state index is 0.0627. The molecule has 0 aliphatic rings. The number of carbonyl (C=O) groups is 1. The van der Waals surface area contributed by atoms with Crippen LogP contribution in [-0.2, 0) is 4.79 Å². The van der Waals surface area contributed by atoms with Crippen LogP contribution in [0.2, 0.25) is 0 Å². The molecule has 3 heteroatoms. The van der Waals surface area contributed by atoms with Crippen LogP contribution in [0.25, 0.3) is 0 Å². The highest BCUT2D eigenvalue weighted by Crippen LogP contribution is 2.08. The van der Waals surface area contributed by atoms with Crippen molar-refractivity contribution in [3.05, 3.63) is 0 Å². The molecule has 0 bridgehead atoms. The van der Waals surface area contributed by atoms with Gasteiger partial charge in [-0.1, -0.05) is 84.5 Å². The van der Waals surface area contributed by atoms with E-state index < -0.39 is 0 Å². The second kappa shape index (κ2) is 18.2. The van der Waals surface area contributed by atoms with Crippen LogP contribution >= 0.6 is 0 Å². The van der Waals surface area contributed by atoms with E-state index in [4.69, 9.17) is 0 Å². The number of hydrogen-bond acceptors (Lipinski definition) is 2. The van der Waals surface area contributed by atoms with Gasteiger partial charge in [-0.3, -0.25) is 4.79 Å². The highest BCUT2D eigenvalue weighted by molar-refractivity contribution is 5.76. The van der Waals surface area contributed by atoms with Gasteiger partial charge in [0.05, 0.1) is 0 Å². The number of amides is 1. The van der Waals surface area contributed by atoms with Gasteiger partial charge in [0, 0.05) is 12.6 Å².